The van der Waals surface area contributed by atoms with Crippen molar-refractivity contribution < 1.29 is 35.9 Å². The van der Waals surface area contributed by atoms with E-state index in [-0.39, 0.29) is 68.9 Å². The van der Waals surface area contributed by atoms with Gasteiger partial charge >= 0.3 is 12.1 Å². The topological polar surface area (TPSA) is 175 Å². The van der Waals surface area contributed by atoms with Crippen LogP contribution in [0.15, 0.2) is 70.5 Å². The molecule has 4 amide bonds. The highest BCUT2D eigenvalue weighted by molar-refractivity contribution is 7.89. The van der Waals surface area contributed by atoms with Crippen LogP contribution < -0.4 is 30.7 Å². The maximum absolute atomic E-state index is 13.2. The molecule has 0 aliphatic rings. The number of anilines is 2. The molecule has 0 aliphatic heterocycles. The van der Waals surface area contributed by atoms with Gasteiger partial charge in [0.1, 0.15) is 0 Å². The van der Waals surface area contributed by atoms with E-state index in [1.54, 1.807) is 27.7 Å². The van der Waals surface area contributed by atoms with Crippen molar-refractivity contribution in [3.8, 4) is 11.5 Å². The lowest BCUT2D eigenvalue weighted by molar-refractivity contribution is 0.140. The van der Waals surface area contributed by atoms with Crippen LogP contribution in [-0.2, 0) is 20.0 Å². The van der Waals surface area contributed by atoms with Crippen molar-refractivity contribution in [1.29, 1.82) is 0 Å². The van der Waals surface area contributed by atoms with Gasteiger partial charge in [0, 0.05) is 26.2 Å². The van der Waals surface area contributed by atoms with E-state index in [0.717, 1.165) is 0 Å². The molecule has 3 rings (SSSR count). The Kier molecular flexibility index (Phi) is 17.5. The van der Waals surface area contributed by atoms with Gasteiger partial charge in [-0.05, 0) is 48.5 Å². The number of hydrogen-bond acceptors (Lipinski definition) is 8. The highest BCUT2D eigenvalue weighted by atomic mass is 35.6. The number of urea groups is 2. The highest BCUT2D eigenvalue weighted by Gasteiger charge is 2.39. The standard InChI is InChI=1S/C32H36Cl8N6O8S2/c1-5-45(6-2)55(49,50)19-13-15-21(33)23(17-19)41-29(47)43-27(31(35,36)37)53-25-11-9-10-12-26(25)54-28(32(38,39)40)44-30(48)42-24-18-20(14-16-22(24)34)56(51,52)46(7-3)8-4/h9-18,27-28H,5-8H2,1-4H3,(H2,41,43,47)(H2,42,44,48)/t27-,28+. The normalized spacial score (nSPS) is 13.5. The summed E-state index contributed by atoms with van der Waals surface area (Å²) in [4.78, 5) is 26.1. The quantitative estimate of drug-likeness (QED) is 0.0814. The second-order valence-electron chi connectivity index (χ2n) is 11.2. The van der Waals surface area contributed by atoms with Crippen molar-refractivity contribution in [2.75, 3.05) is 36.8 Å². The fraction of sp³-hybridized carbons (Fsp3) is 0.375. The van der Waals surface area contributed by atoms with Gasteiger partial charge in [-0.2, -0.15) is 8.61 Å². The van der Waals surface area contributed by atoms with Crippen molar-refractivity contribution in [2.45, 2.75) is 57.5 Å². The number of hydrogen-bond donors (Lipinski definition) is 4. The molecule has 24 heteroatoms. The molecule has 14 nitrogen and oxygen atoms in total. The predicted octanol–water partition coefficient (Wildman–Crippen LogP) is 8.85. The summed E-state index contributed by atoms with van der Waals surface area (Å²) < 4.78 is 61.7. The van der Waals surface area contributed by atoms with E-state index in [4.69, 9.17) is 102 Å². The summed E-state index contributed by atoms with van der Waals surface area (Å²) in [6, 6.07) is 11.1. The molecule has 310 valence electrons. The zero-order chi connectivity index (χ0) is 42.2. The Morgan fingerprint density at radius 1 is 0.607 bits per heavy atom. The summed E-state index contributed by atoms with van der Waals surface area (Å²) in [5, 5.41) is 9.49. The number of ether oxygens (including phenoxy) is 2. The van der Waals surface area contributed by atoms with Crippen molar-refractivity contribution in [2.24, 2.45) is 0 Å². The van der Waals surface area contributed by atoms with Crippen molar-refractivity contribution in [3.05, 3.63) is 70.7 Å². The lowest BCUT2D eigenvalue weighted by Crippen LogP contribution is -2.50. The zero-order valence-electron chi connectivity index (χ0n) is 29.8. The van der Waals surface area contributed by atoms with Crippen molar-refractivity contribution >= 4 is 136 Å². The molecule has 56 heavy (non-hydrogen) atoms. The second-order valence-corrected chi connectivity index (χ2v) is 20.6. The summed E-state index contributed by atoms with van der Waals surface area (Å²) in [5.74, 6) is -0.374. The molecular formula is C32H36Cl8N6O8S2. The number of halogens is 8. The molecule has 0 heterocycles. The van der Waals surface area contributed by atoms with Gasteiger partial charge in [-0.3, -0.25) is 10.6 Å². The molecule has 0 bridgehead atoms. The Morgan fingerprint density at radius 2 is 0.929 bits per heavy atom. The molecule has 0 unspecified atom stereocenters. The number of benzene rings is 3. The van der Waals surface area contributed by atoms with Crippen LogP contribution in [0.1, 0.15) is 27.7 Å². The number of rotatable bonds is 16. The first-order valence-corrected chi connectivity index (χ1v) is 22.2. The number of nitrogens with one attached hydrogen (secondary N) is 4. The molecular weight excluding hydrogens is 944 g/mol. The summed E-state index contributed by atoms with van der Waals surface area (Å²) >= 11 is 49.6. The lowest BCUT2D eigenvalue weighted by Gasteiger charge is -2.30. The Bertz CT molecular complexity index is 1940. The minimum Gasteiger partial charge on any atom is -0.462 e. The first kappa shape index (κ1) is 48.3. The number of carbonyl (C=O) groups is 2. The van der Waals surface area contributed by atoms with Gasteiger partial charge in [-0.25, -0.2) is 26.4 Å². The van der Waals surface area contributed by atoms with Crippen LogP contribution in [0.25, 0.3) is 0 Å². The van der Waals surface area contributed by atoms with Crippen molar-refractivity contribution in [3.63, 3.8) is 0 Å². The number of para-hydroxylation sites is 2. The molecule has 0 radical (unpaired) electrons. The molecule has 4 N–H and O–H groups in total. The van der Waals surface area contributed by atoms with Gasteiger partial charge < -0.3 is 20.1 Å². The molecule has 2 atom stereocenters. The van der Waals surface area contributed by atoms with E-state index in [1.807, 2.05) is 0 Å². The fourth-order valence-corrected chi connectivity index (χ4v) is 8.65. The van der Waals surface area contributed by atoms with E-state index in [0.29, 0.717) is 0 Å². The largest absolute Gasteiger partial charge is 0.462 e. The van der Waals surface area contributed by atoms with Crippen LogP contribution in [0, 0.1) is 0 Å². The number of nitrogens with zero attached hydrogens (tertiary/aromatic N) is 2. The highest BCUT2D eigenvalue weighted by Crippen LogP contribution is 2.38. The smallest absolute Gasteiger partial charge is 0.322 e. The first-order chi connectivity index (χ1) is 26.0. The van der Waals surface area contributed by atoms with Gasteiger partial charge in [0.05, 0.1) is 31.2 Å². The number of amides is 4. The zero-order valence-corrected chi connectivity index (χ0v) is 37.4. The molecule has 0 saturated heterocycles. The summed E-state index contributed by atoms with van der Waals surface area (Å²) in [6.07, 6.45) is -3.52. The molecule has 0 aromatic heterocycles. The van der Waals surface area contributed by atoms with Gasteiger partial charge in [0.15, 0.2) is 11.5 Å². The Hall–Kier alpha value is -2.06. The van der Waals surface area contributed by atoms with Crippen LogP contribution in [0.4, 0.5) is 21.0 Å². The van der Waals surface area contributed by atoms with Gasteiger partial charge in [-0.1, -0.05) is 133 Å². The van der Waals surface area contributed by atoms with E-state index in [1.165, 1.54) is 69.3 Å². The van der Waals surface area contributed by atoms with Gasteiger partial charge in [-0.15, -0.1) is 0 Å². The predicted molar refractivity (Wildman–Crippen MR) is 223 cm³/mol. The minimum atomic E-state index is -3.91. The Balaban J connectivity index is 1.84. The lowest BCUT2D eigenvalue weighted by atomic mass is 10.3. The molecule has 0 aliphatic carbocycles. The third-order valence-electron chi connectivity index (χ3n) is 7.52. The number of sulfonamides is 2. The van der Waals surface area contributed by atoms with Crippen molar-refractivity contribution in [1.82, 2.24) is 19.2 Å². The minimum absolute atomic E-state index is 0.00216. The summed E-state index contributed by atoms with van der Waals surface area (Å²) in [5.41, 5.74) is -0.171. The van der Waals surface area contributed by atoms with Crippen LogP contribution >= 0.6 is 92.8 Å². The maximum atomic E-state index is 13.2. The van der Waals surface area contributed by atoms with Crippen LogP contribution in [-0.4, -0.2) is 83.7 Å². The second kappa shape index (κ2) is 20.3. The monoisotopic (exact) mass is 976 g/mol. The number of alkyl halides is 6. The molecule has 3 aromatic carbocycles. The fourth-order valence-electron chi connectivity index (χ4n) is 4.76. The van der Waals surface area contributed by atoms with E-state index in [2.05, 4.69) is 21.3 Å². The third kappa shape index (κ3) is 12.7. The molecule has 0 saturated carbocycles. The van der Waals surface area contributed by atoms with Crippen LogP contribution in [0.2, 0.25) is 10.0 Å². The summed E-state index contributed by atoms with van der Waals surface area (Å²) in [7, 11) is -7.83. The first-order valence-electron chi connectivity index (χ1n) is 16.3. The Labute approximate surface area is 365 Å². The van der Waals surface area contributed by atoms with Crippen LogP contribution in [0.3, 0.4) is 0 Å². The van der Waals surface area contributed by atoms with E-state index in [9.17, 15) is 26.4 Å². The SMILES string of the molecule is CCN(CC)S(=O)(=O)c1ccc(Cl)c(NC(=O)N[C@H](Oc2ccccc2O[C@H](NC(=O)Nc2cc(S(=O)(=O)N(CC)CC)ccc2Cl)C(Cl)(Cl)Cl)C(Cl)(Cl)Cl)c1. The van der Waals surface area contributed by atoms with E-state index >= 15 is 0 Å². The van der Waals surface area contributed by atoms with Gasteiger partial charge in [0.2, 0.25) is 40.1 Å². The van der Waals surface area contributed by atoms with E-state index < -0.39 is 52.1 Å². The van der Waals surface area contributed by atoms with Crippen LogP contribution in [0.5, 0.6) is 11.5 Å². The number of carbonyl (C=O) groups excluding carboxylic acids is 2. The maximum Gasteiger partial charge on any atom is 0.322 e. The molecule has 0 fully saturated rings. The summed E-state index contributed by atoms with van der Waals surface area (Å²) in [6.45, 7) is 7.54. The van der Waals surface area contributed by atoms with Gasteiger partial charge in [0.25, 0.3) is 0 Å². The molecule has 3 aromatic rings. The Morgan fingerprint density at radius 3 is 1.21 bits per heavy atom. The average molecular weight is 980 g/mol. The average Bonchev–Trinajstić information content (AvgIpc) is 3.10. The molecule has 0 spiro atoms. The third-order valence-corrected chi connectivity index (χ3v) is 13.5.